The number of hydrogen-bond acceptors (Lipinski definition) is 2. The van der Waals surface area contributed by atoms with Gasteiger partial charge in [-0.05, 0) is 36.4 Å². The summed E-state index contributed by atoms with van der Waals surface area (Å²) < 4.78 is 30.8. The van der Waals surface area contributed by atoms with Crippen LogP contribution in [-0.4, -0.2) is 13.2 Å². The van der Waals surface area contributed by atoms with Gasteiger partial charge in [-0.15, -0.1) is 0 Å². The van der Waals surface area contributed by atoms with E-state index in [2.05, 4.69) is 5.32 Å². The SMILES string of the molecule is Fc1ccc(NCCOc2cccc(F)c2)cc1. The van der Waals surface area contributed by atoms with Gasteiger partial charge < -0.3 is 10.1 Å². The summed E-state index contributed by atoms with van der Waals surface area (Å²) in [6, 6.07) is 12.1. The highest BCUT2D eigenvalue weighted by Crippen LogP contribution is 2.12. The summed E-state index contributed by atoms with van der Waals surface area (Å²) in [5.74, 6) is -0.0912. The molecule has 0 saturated heterocycles. The van der Waals surface area contributed by atoms with Crippen molar-refractivity contribution in [1.29, 1.82) is 0 Å². The van der Waals surface area contributed by atoms with Gasteiger partial charge in [-0.1, -0.05) is 6.07 Å². The highest BCUT2D eigenvalue weighted by atomic mass is 19.1. The molecule has 4 heteroatoms. The van der Waals surface area contributed by atoms with Crippen LogP contribution in [0, 0.1) is 11.6 Å². The molecule has 0 radical (unpaired) electrons. The van der Waals surface area contributed by atoms with Gasteiger partial charge in [0.1, 0.15) is 24.0 Å². The molecule has 2 aromatic carbocycles. The molecule has 1 N–H and O–H groups in total. The minimum Gasteiger partial charge on any atom is -0.492 e. The second-order valence-electron chi connectivity index (χ2n) is 3.74. The smallest absolute Gasteiger partial charge is 0.126 e. The molecule has 94 valence electrons. The van der Waals surface area contributed by atoms with Gasteiger partial charge in [0.15, 0.2) is 0 Å². The summed E-state index contributed by atoms with van der Waals surface area (Å²) in [7, 11) is 0. The van der Waals surface area contributed by atoms with Gasteiger partial charge in [0.2, 0.25) is 0 Å². The van der Waals surface area contributed by atoms with E-state index in [1.165, 1.54) is 24.3 Å². The lowest BCUT2D eigenvalue weighted by molar-refractivity contribution is 0.331. The van der Waals surface area contributed by atoms with Crippen molar-refractivity contribution in [2.24, 2.45) is 0 Å². The van der Waals surface area contributed by atoms with E-state index in [9.17, 15) is 8.78 Å². The summed E-state index contributed by atoms with van der Waals surface area (Å²) >= 11 is 0. The van der Waals surface area contributed by atoms with Gasteiger partial charge in [-0.3, -0.25) is 0 Å². The summed E-state index contributed by atoms with van der Waals surface area (Å²) in [5, 5.41) is 3.07. The van der Waals surface area contributed by atoms with Crippen molar-refractivity contribution in [2.75, 3.05) is 18.5 Å². The first kappa shape index (κ1) is 12.4. The number of rotatable bonds is 5. The van der Waals surface area contributed by atoms with Gasteiger partial charge in [0, 0.05) is 18.3 Å². The Labute approximate surface area is 104 Å². The van der Waals surface area contributed by atoms with Crippen molar-refractivity contribution in [1.82, 2.24) is 0 Å². The normalized spacial score (nSPS) is 10.1. The highest BCUT2D eigenvalue weighted by Gasteiger charge is 1.96. The second kappa shape index (κ2) is 6.00. The Balaban J connectivity index is 1.74. The molecule has 0 bridgehead atoms. The average molecular weight is 249 g/mol. The van der Waals surface area contributed by atoms with E-state index in [4.69, 9.17) is 4.74 Å². The Morgan fingerprint density at radius 3 is 2.44 bits per heavy atom. The van der Waals surface area contributed by atoms with Crippen molar-refractivity contribution in [3.63, 3.8) is 0 Å². The van der Waals surface area contributed by atoms with Gasteiger partial charge in [-0.2, -0.15) is 0 Å². The molecule has 0 heterocycles. The number of halogens is 2. The Morgan fingerprint density at radius 1 is 0.944 bits per heavy atom. The van der Waals surface area contributed by atoms with E-state index in [-0.39, 0.29) is 11.6 Å². The predicted octanol–water partition coefficient (Wildman–Crippen LogP) is 3.46. The largest absolute Gasteiger partial charge is 0.492 e. The summed E-state index contributed by atoms with van der Waals surface area (Å²) in [4.78, 5) is 0. The predicted molar refractivity (Wildman–Crippen MR) is 66.8 cm³/mol. The average Bonchev–Trinajstić information content (AvgIpc) is 2.37. The fraction of sp³-hybridized carbons (Fsp3) is 0.143. The lowest BCUT2D eigenvalue weighted by Gasteiger charge is -2.08. The third-order valence-electron chi connectivity index (χ3n) is 2.34. The van der Waals surface area contributed by atoms with Crippen LogP contribution < -0.4 is 10.1 Å². The van der Waals surface area contributed by atoms with Crippen LogP contribution >= 0.6 is 0 Å². The maximum Gasteiger partial charge on any atom is 0.126 e. The third kappa shape index (κ3) is 3.73. The molecule has 0 aliphatic carbocycles. The van der Waals surface area contributed by atoms with Crippen LogP contribution in [0.15, 0.2) is 48.5 Å². The van der Waals surface area contributed by atoms with Gasteiger partial charge in [0.05, 0.1) is 0 Å². The molecular weight excluding hydrogens is 236 g/mol. The van der Waals surface area contributed by atoms with Gasteiger partial charge >= 0.3 is 0 Å². The monoisotopic (exact) mass is 249 g/mol. The lowest BCUT2D eigenvalue weighted by Crippen LogP contribution is -2.11. The first-order valence-corrected chi connectivity index (χ1v) is 5.62. The Bertz CT molecular complexity index is 499. The molecule has 18 heavy (non-hydrogen) atoms. The van der Waals surface area contributed by atoms with Crippen molar-refractivity contribution >= 4 is 5.69 Å². The molecule has 0 saturated carbocycles. The summed E-state index contributed by atoms with van der Waals surface area (Å²) in [6.45, 7) is 0.961. The second-order valence-corrected chi connectivity index (χ2v) is 3.74. The van der Waals surface area contributed by atoms with Crippen LogP contribution in [0.3, 0.4) is 0 Å². The quantitative estimate of drug-likeness (QED) is 0.819. The molecule has 2 aromatic rings. The molecule has 2 rings (SSSR count). The maximum atomic E-state index is 12.8. The molecule has 0 amide bonds. The zero-order valence-electron chi connectivity index (χ0n) is 9.70. The summed E-state index contributed by atoms with van der Waals surface area (Å²) in [6.07, 6.45) is 0. The number of anilines is 1. The number of hydrogen-bond donors (Lipinski definition) is 1. The summed E-state index contributed by atoms with van der Waals surface area (Å²) in [5.41, 5.74) is 0.819. The Kier molecular flexibility index (Phi) is 4.12. The van der Waals surface area contributed by atoms with Crippen LogP contribution in [0.5, 0.6) is 5.75 Å². The van der Waals surface area contributed by atoms with Gasteiger partial charge in [-0.25, -0.2) is 8.78 Å². The molecule has 2 nitrogen and oxygen atoms in total. The van der Waals surface area contributed by atoms with Crippen molar-refractivity contribution in [3.05, 3.63) is 60.2 Å². The van der Waals surface area contributed by atoms with Crippen LogP contribution in [-0.2, 0) is 0 Å². The van der Waals surface area contributed by atoms with Crippen molar-refractivity contribution < 1.29 is 13.5 Å². The third-order valence-corrected chi connectivity index (χ3v) is 2.34. The van der Waals surface area contributed by atoms with E-state index in [0.717, 1.165) is 5.69 Å². The number of benzene rings is 2. The Hall–Kier alpha value is -2.10. The molecule has 0 atom stereocenters. The number of ether oxygens (including phenoxy) is 1. The standard InChI is InChI=1S/C14H13F2NO/c15-11-4-6-13(7-5-11)17-8-9-18-14-3-1-2-12(16)10-14/h1-7,10,17H,8-9H2. The lowest BCUT2D eigenvalue weighted by atomic mass is 10.3. The fourth-order valence-corrected chi connectivity index (χ4v) is 1.49. The molecule has 0 spiro atoms. The molecule has 0 unspecified atom stereocenters. The minimum absolute atomic E-state index is 0.267. The molecule has 0 aliphatic rings. The highest BCUT2D eigenvalue weighted by molar-refractivity contribution is 5.42. The van der Waals surface area contributed by atoms with Crippen LogP contribution in [0.2, 0.25) is 0 Å². The minimum atomic E-state index is -0.320. The van der Waals surface area contributed by atoms with E-state index < -0.39 is 0 Å². The number of nitrogens with one attached hydrogen (secondary N) is 1. The van der Waals surface area contributed by atoms with E-state index in [1.807, 2.05) is 0 Å². The zero-order valence-corrected chi connectivity index (χ0v) is 9.70. The molecular formula is C14H13F2NO. The van der Waals surface area contributed by atoms with Gasteiger partial charge in [0.25, 0.3) is 0 Å². The van der Waals surface area contributed by atoms with Crippen molar-refractivity contribution in [3.8, 4) is 5.75 Å². The maximum absolute atomic E-state index is 12.8. The van der Waals surface area contributed by atoms with Crippen LogP contribution in [0.1, 0.15) is 0 Å². The fourth-order valence-electron chi connectivity index (χ4n) is 1.49. The van der Waals surface area contributed by atoms with E-state index in [1.54, 1.807) is 24.3 Å². The van der Waals surface area contributed by atoms with Crippen LogP contribution in [0.4, 0.5) is 14.5 Å². The zero-order chi connectivity index (χ0) is 12.8. The molecule has 0 aliphatic heterocycles. The van der Waals surface area contributed by atoms with E-state index >= 15 is 0 Å². The Morgan fingerprint density at radius 2 is 1.72 bits per heavy atom. The molecule has 0 fully saturated rings. The van der Waals surface area contributed by atoms with E-state index in [0.29, 0.717) is 18.9 Å². The first-order chi connectivity index (χ1) is 8.74. The van der Waals surface area contributed by atoms with Crippen molar-refractivity contribution in [2.45, 2.75) is 0 Å². The first-order valence-electron chi connectivity index (χ1n) is 5.62. The van der Waals surface area contributed by atoms with Crippen LogP contribution in [0.25, 0.3) is 0 Å². The molecule has 0 aromatic heterocycles. The topological polar surface area (TPSA) is 21.3 Å².